The van der Waals surface area contributed by atoms with Gasteiger partial charge in [0.2, 0.25) is 0 Å². The third-order valence-electron chi connectivity index (χ3n) is 4.67. The number of thiazole rings is 1. The fourth-order valence-electron chi connectivity index (χ4n) is 3.29. The van der Waals surface area contributed by atoms with Gasteiger partial charge in [-0.15, -0.1) is 0 Å². The van der Waals surface area contributed by atoms with E-state index in [1.165, 1.54) is 11.3 Å². The second-order valence-corrected chi connectivity index (χ2v) is 7.39. The topological polar surface area (TPSA) is 68.5 Å². The average molecular weight is 371 g/mol. The number of carbonyl (C=O) groups is 1. The third-order valence-corrected chi connectivity index (χ3v) is 5.87. The lowest BCUT2D eigenvalue weighted by molar-refractivity contribution is 0.0531. The first-order valence-electron chi connectivity index (χ1n) is 8.90. The Labute approximate surface area is 155 Å². The lowest BCUT2D eigenvalue weighted by atomic mass is 9.97. The Hall–Kier alpha value is -2.41. The highest BCUT2D eigenvalue weighted by atomic mass is 32.1. The number of para-hydroxylation sites is 2. The predicted molar refractivity (Wildman–Crippen MR) is 101 cm³/mol. The van der Waals surface area contributed by atoms with E-state index in [9.17, 15) is 4.79 Å². The Morgan fingerprint density at radius 1 is 1.31 bits per heavy atom. The Balaban J connectivity index is 1.45. The molecule has 0 amide bonds. The van der Waals surface area contributed by atoms with E-state index in [1.807, 2.05) is 38.1 Å². The van der Waals surface area contributed by atoms with Crippen LogP contribution in [0.4, 0.5) is 5.13 Å². The molecule has 1 aliphatic heterocycles. The molecular formula is C19H21N3O3S. The molecule has 1 aromatic carbocycles. The van der Waals surface area contributed by atoms with Crippen molar-refractivity contribution >= 4 is 33.5 Å². The quantitative estimate of drug-likeness (QED) is 0.642. The lowest BCUT2D eigenvalue weighted by Gasteiger charge is -2.30. The number of nitrogens with zero attached hydrogens (tertiary/aromatic N) is 3. The molecule has 0 unspecified atom stereocenters. The molecule has 7 heteroatoms. The minimum Gasteiger partial charge on any atom is -0.462 e. The normalized spacial score (nSPS) is 15.5. The van der Waals surface area contributed by atoms with E-state index in [4.69, 9.17) is 9.15 Å². The van der Waals surface area contributed by atoms with Gasteiger partial charge in [0.05, 0.1) is 12.3 Å². The smallest absolute Gasteiger partial charge is 0.350 e. The van der Waals surface area contributed by atoms with E-state index in [0.717, 1.165) is 53.7 Å². The van der Waals surface area contributed by atoms with Crippen molar-refractivity contribution in [3.05, 3.63) is 40.7 Å². The number of ether oxygens (including phenoxy) is 1. The Morgan fingerprint density at radius 3 is 2.81 bits per heavy atom. The molecule has 0 saturated carbocycles. The summed E-state index contributed by atoms with van der Waals surface area (Å²) in [6.07, 6.45) is 1.92. The van der Waals surface area contributed by atoms with Gasteiger partial charge in [-0.05, 0) is 38.8 Å². The average Bonchev–Trinajstić information content (AvgIpc) is 3.25. The predicted octanol–water partition coefficient (Wildman–Crippen LogP) is 4.15. The van der Waals surface area contributed by atoms with Crippen molar-refractivity contribution in [1.29, 1.82) is 0 Å². The summed E-state index contributed by atoms with van der Waals surface area (Å²) in [5, 5.41) is 0.890. The third kappa shape index (κ3) is 3.19. The molecule has 1 saturated heterocycles. The van der Waals surface area contributed by atoms with Gasteiger partial charge in [-0.25, -0.2) is 14.8 Å². The molecule has 6 nitrogen and oxygen atoms in total. The van der Waals surface area contributed by atoms with E-state index >= 15 is 0 Å². The summed E-state index contributed by atoms with van der Waals surface area (Å²) in [5.74, 6) is 0.868. The number of hydrogen-bond acceptors (Lipinski definition) is 7. The highest BCUT2D eigenvalue weighted by molar-refractivity contribution is 7.17. The monoisotopic (exact) mass is 371 g/mol. The largest absolute Gasteiger partial charge is 0.462 e. The van der Waals surface area contributed by atoms with Crippen molar-refractivity contribution in [3.63, 3.8) is 0 Å². The number of anilines is 1. The Kier molecular flexibility index (Phi) is 4.63. The van der Waals surface area contributed by atoms with Crippen LogP contribution in [0.1, 0.15) is 46.9 Å². The molecule has 3 heterocycles. The zero-order valence-electron chi connectivity index (χ0n) is 14.9. The number of aryl methyl sites for hydroxylation is 1. The summed E-state index contributed by atoms with van der Waals surface area (Å²) >= 11 is 1.42. The zero-order valence-corrected chi connectivity index (χ0v) is 15.7. The van der Waals surface area contributed by atoms with Gasteiger partial charge in [-0.2, -0.15) is 0 Å². The van der Waals surface area contributed by atoms with Crippen LogP contribution in [-0.4, -0.2) is 35.6 Å². The van der Waals surface area contributed by atoms with Gasteiger partial charge in [0.25, 0.3) is 0 Å². The molecule has 0 atom stereocenters. The van der Waals surface area contributed by atoms with Crippen LogP contribution in [0.15, 0.2) is 28.7 Å². The zero-order chi connectivity index (χ0) is 18.1. The van der Waals surface area contributed by atoms with Crippen LogP contribution in [0, 0.1) is 6.92 Å². The van der Waals surface area contributed by atoms with E-state index in [0.29, 0.717) is 17.4 Å². The molecule has 4 rings (SSSR count). The number of fused-ring (bicyclic) bond motifs is 1. The molecule has 0 bridgehead atoms. The first-order valence-corrected chi connectivity index (χ1v) is 9.72. The van der Waals surface area contributed by atoms with E-state index in [-0.39, 0.29) is 5.97 Å². The standard InChI is InChI=1S/C19H21N3O3S/c1-3-24-18(23)16-12(2)20-19(26-16)22-10-8-13(9-11-22)17-21-14-6-4-5-7-15(14)25-17/h4-7,13H,3,8-11H2,1-2H3. The Bertz CT molecular complexity index is 892. The number of aromatic nitrogens is 2. The summed E-state index contributed by atoms with van der Waals surface area (Å²) in [7, 11) is 0. The van der Waals surface area contributed by atoms with Gasteiger partial charge in [0.15, 0.2) is 16.6 Å². The molecular weight excluding hydrogens is 350 g/mol. The number of esters is 1. The second-order valence-electron chi connectivity index (χ2n) is 6.41. The summed E-state index contributed by atoms with van der Waals surface area (Å²) < 4.78 is 11.0. The van der Waals surface area contributed by atoms with E-state index in [2.05, 4.69) is 14.9 Å². The molecule has 0 aliphatic carbocycles. The molecule has 3 aromatic rings. The number of benzene rings is 1. The van der Waals surface area contributed by atoms with Crippen LogP contribution in [0.2, 0.25) is 0 Å². The van der Waals surface area contributed by atoms with Crippen LogP contribution < -0.4 is 4.90 Å². The highest BCUT2D eigenvalue weighted by Gasteiger charge is 2.27. The number of hydrogen-bond donors (Lipinski definition) is 0. The second kappa shape index (κ2) is 7.07. The van der Waals surface area contributed by atoms with Crippen LogP contribution in [0.25, 0.3) is 11.1 Å². The first kappa shape index (κ1) is 17.0. The van der Waals surface area contributed by atoms with Crippen LogP contribution in [0.5, 0.6) is 0 Å². The molecule has 2 aromatic heterocycles. The summed E-state index contributed by atoms with van der Waals surface area (Å²) in [5.41, 5.74) is 2.50. The van der Waals surface area contributed by atoms with Crippen molar-refractivity contribution in [1.82, 2.24) is 9.97 Å². The molecule has 1 aliphatic rings. The maximum Gasteiger partial charge on any atom is 0.350 e. The maximum atomic E-state index is 12.0. The van der Waals surface area contributed by atoms with Gasteiger partial charge in [0, 0.05) is 19.0 Å². The first-order chi connectivity index (χ1) is 12.7. The van der Waals surface area contributed by atoms with Gasteiger partial charge in [0.1, 0.15) is 10.4 Å². The van der Waals surface area contributed by atoms with Gasteiger partial charge in [-0.3, -0.25) is 0 Å². The summed E-state index contributed by atoms with van der Waals surface area (Å²) in [4.78, 5) is 24.0. The highest BCUT2D eigenvalue weighted by Crippen LogP contribution is 2.34. The lowest BCUT2D eigenvalue weighted by Crippen LogP contribution is -2.32. The summed E-state index contributed by atoms with van der Waals surface area (Å²) in [6, 6.07) is 7.87. The van der Waals surface area contributed by atoms with Crippen molar-refractivity contribution in [2.45, 2.75) is 32.6 Å². The van der Waals surface area contributed by atoms with E-state index in [1.54, 1.807) is 0 Å². The van der Waals surface area contributed by atoms with Crippen molar-refractivity contribution in [3.8, 4) is 0 Å². The molecule has 26 heavy (non-hydrogen) atoms. The number of oxazole rings is 1. The molecule has 0 N–H and O–H groups in total. The molecule has 136 valence electrons. The number of carbonyl (C=O) groups excluding carboxylic acids is 1. The van der Waals surface area contributed by atoms with Gasteiger partial charge >= 0.3 is 5.97 Å². The van der Waals surface area contributed by atoms with Crippen molar-refractivity contribution in [2.75, 3.05) is 24.6 Å². The van der Waals surface area contributed by atoms with Crippen molar-refractivity contribution in [2.24, 2.45) is 0 Å². The van der Waals surface area contributed by atoms with Gasteiger partial charge in [-0.1, -0.05) is 23.5 Å². The van der Waals surface area contributed by atoms with Gasteiger partial charge < -0.3 is 14.1 Å². The maximum absolute atomic E-state index is 12.0. The fourth-order valence-corrected chi connectivity index (χ4v) is 4.30. The van der Waals surface area contributed by atoms with Crippen LogP contribution >= 0.6 is 11.3 Å². The van der Waals surface area contributed by atoms with Crippen molar-refractivity contribution < 1.29 is 13.9 Å². The van der Waals surface area contributed by atoms with E-state index < -0.39 is 0 Å². The minimum absolute atomic E-state index is 0.282. The van der Waals surface area contributed by atoms with Crippen LogP contribution in [0.3, 0.4) is 0 Å². The Morgan fingerprint density at radius 2 is 2.08 bits per heavy atom. The SMILES string of the molecule is CCOC(=O)c1sc(N2CCC(c3nc4ccccc4o3)CC2)nc1C. The molecule has 1 fully saturated rings. The molecule has 0 spiro atoms. The summed E-state index contributed by atoms with van der Waals surface area (Å²) in [6.45, 7) is 5.79. The fraction of sp³-hybridized carbons (Fsp3) is 0.421. The minimum atomic E-state index is -0.282. The molecule has 0 radical (unpaired) electrons. The van der Waals surface area contributed by atoms with Crippen LogP contribution in [-0.2, 0) is 4.74 Å². The number of rotatable bonds is 4. The number of piperidine rings is 1.